The zero-order valence-electron chi connectivity index (χ0n) is 8.61. The molecule has 1 aliphatic heterocycles. The van der Waals surface area contributed by atoms with Crippen molar-refractivity contribution in [3.8, 4) is 0 Å². The van der Waals surface area contributed by atoms with Crippen LogP contribution in [0.3, 0.4) is 0 Å². The van der Waals surface area contributed by atoms with Gasteiger partial charge >= 0.3 is 0 Å². The maximum Gasteiger partial charge on any atom is 0.152 e. The van der Waals surface area contributed by atoms with E-state index in [1.165, 1.54) is 12.1 Å². The Morgan fingerprint density at radius 2 is 2.19 bits per heavy atom. The fraction of sp³-hybridized carbons (Fsp3) is 0.400. The molecule has 0 aliphatic carbocycles. The van der Waals surface area contributed by atoms with Crippen LogP contribution in [-0.4, -0.2) is 26.0 Å². The Bertz CT molecular complexity index is 502. The molecule has 1 heterocycles. The first kappa shape index (κ1) is 11.2. The van der Waals surface area contributed by atoms with Gasteiger partial charge in [-0.3, -0.25) is 0 Å². The number of rotatable bonds is 2. The van der Waals surface area contributed by atoms with E-state index in [-0.39, 0.29) is 23.2 Å². The summed E-state index contributed by atoms with van der Waals surface area (Å²) in [5.41, 5.74) is 5.99. The van der Waals surface area contributed by atoms with Gasteiger partial charge in [0.1, 0.15) is 5.82 Å². The van der Waals surface area contributed by atoms with Crippen LogP contribution in [0.2, 0.25) is 0 Å². The molecule has 0 saturated carbocycles. The summed E-state index contributed by atoms with van der Waals surface area (Å²) in [6, 6.07) is 4.25. The van der Waals surface area contributed by atoms with Crippen LogP contribution in [-0.2, 0) is 9.84 Å². The predicted octanol–water partition coefficient (Wildman–Crippen LogP) is 1.01. The van der Waals surface area contributed by atoms with E-state index < -0.39 is 15.7 Å². The van der Waals surface area contributed by atoms with Gasteiger partial charge < -0.3 is 11.1 Å². The fourth-order valence-electron chi connectivity index (χ4n) is 1.76. The predicted molar refractivity (Wildman–Crippen MR) is 61.5 cm³/mol. The second-order valence-corrected chi connectivity index (χ2v) is 6.21. The lowest BCUT2D eigenvalue weighted by Gasteiger charge is -2.12. The van der Waals surface area contributed by atoms with Gasteiger partial charge in [-0.1, -0.05) is 0 Å². The number of hydrogen-bond donors (Lipinski definition) is 2. The Labute approximate surface area is 93.6 Å². The van der Waals surface area contributed by atoms with Crippen molar-refractivity contribution in [3.63, 3.8) is 0 Å². The molecule has 1 aliphatic rings. The topological polar surface area (TPSA) is 72.2 Å². The molecular weight excluding hydrogens is 231 g/mol. The Kier molecular flexibility index (Phi) is 2.75. The van der Waals surface area contributed by atoms with E-state index in [1.54, 1.807) is 6.07 Å². The Balaban J connectivity index is 2.08. The van der Waals surface area contributed by atoms with Gasteiger partial charge in [0.2, 0.25) is 0 Å². The minimum Gasteiger partial charge on any atom is -0.396 e. The SMILES string of the molecule is Nc1ccc(NC2CCS(=O)(=O)C2)cc1F. The number of nitrogen functional groups attached to an aromatic ring is 1. The monoisotopic (exact) mass is 244 g/mol. The maximum absolute atomic E-state index is 13.1. The van der Waals surface area contributed by atoms with Crippen LogP contribution in [0.5, 0.6) is 0 Å². The van der Waals surface area contributed by atoms with Crippen LogP contribution in [0.1, 0.15) is 6.42 Å². The van der Waals surface area contributed by atoms with Crippen LogP contribution < -0.4 is 11.1 Å². The number of sulfone groups is 1. The van der Waals surface area contributed by atoms with E-state index in [0.717, 1.165) is 0 Å². The normalized spacial score (nSPS) is 23.2. The molecule has 0 aromatic heterocycles. The summed E-state index contributed by atoms with van der Waals surface area (Å²) < 4.78 is 35.6. The number of hydrogen-bond acceptors (Lipinski definition) is 4. The molecule has 1 fully saturated rings. The minimum absolute atomic E-state index is 0.0876. The third-order valence-electron chi connectivity index (χ3n) is 2.60. The standard InChI is InChI=1S/C10H13FN2O2S/c11-9-5-7(1-2-10(9)12)13-8-3-4-16(14,15)6-8/h1-2,5,8,13H,3-4,6,12H2. The van der Waals surface area contributed by atoms with Gasteiger partial charge in [-0.2, -0.15) is 0 Å². The summed E-state index contributed by atoms with van der Waals surface area (Å²) >= 11 is 0. The van der Waals surface area contributed by atoms with Crippen molar-refractivity contribution in [2.45, 2.75) is 12.5 Å². The van der Waals surface area contributed by atoms with E-state index >= 15 is 0 Å². The molecule has 1 saturated heterocycles. The molecule has 4 nitrogen and oxygen atoms in total. The third-order valence-corrected chi connectivity index (χ3v) is 4.37. The molecule has 16 heavy (non-hydrogen) atoms. The molecule has 1 unspecified atom stereocenters. The van der Waals surface area contributed by atoms with Gasteiger partial charge in [0.15, 0.2) is 9.84 Å². The van der Waals surface area contributed by atoms with Crippen LogP contribution in [0, 0.1) is 5.82 Å². The quantitative estimate of drug-likeness (QED) is 0.761. The lowest BCUT2D eigenvalue weighted by Crippen LogP contribution is -2.20. The highest BCUT2D eigenvalue weighted by Crippen LogP contribution is 2.20. The molecule has 0 bridgehead atoms. The van der Waals surface area contributed by atoms with Gasteiger partial charge in [-0.05, 0) is 24.6 Å². The van der Waals surface area contributed by atoms with Crippen molar-refractivity contribution in [1.82, 2.24) is 0 Å². The van der Waals surface area contributed by atoms with Crippen molar-refractivity contribution in [2.75, 3.05) is 22.6 Å². The zero-order valence-corrected chi connectivity index (χ0v) is 9.43. The van der Waals surface area contributed by atoms with E-state index in [0.29, 0.717) is 12.1 Å². The third kappa shape index (κ3) is 2.44. The van der Waals surface area contributed by atoms with Crippen molar-refractivity contribution < 1.29 is 12.8 Å². The average Bonchev–Trinajstić information content (AvgIpc) is 2.52. The van der Waals surface area contributed by atoms with Crippen molar-refractivity contribution in [2.24, 2.45) is 0 Å². The molecular formula is C10H13FN2O2S. The summed E-state index contributed by atoms with van der Waals surface area (Å²) in [5.74, 6) is -0.188. The van der Waals surface area contributed by atoms with E-state index in [2.05, 4.69) is 5.32 Å². The second kappa shape index (κ2) is 3.93. The first-order valence-corrected chi connectivity index (χ1v) is 6.80. The summed E-state index contributed by atoms with van der Waals surface area (Å²) in [6.07, 6.45) is 0.564. The Morgan fingerprint density at radius 1 is 1.44 bits per heavy atom. The number of benzene rings is 1. The largest absolute Gasteiger partial charge is 0.396 e. The fourth-order valence-corrected chi connectivity index (χ4v) is 3.43. The number of anilines is 2. The van der Waals surface area contributed by atoms with Gasteiger partial charge in [0, 0.05) is 11.7 Å². The highest BCUT2D eigenvalue weighted by Gasteiger charge is 2.27. The van der Waals surface area contributed by atoms with Gasteiger partial charge in [0.25, 0.3) is 0 Å². The Morgan fingerprint density at radius 3 is 2.75 bits per heavy atom. The molecule has 3 N–H and O–H groups in total. The molecule has 1 aromatic rings. The summed E-state index contributed by atoms with van der Waals surface area (Å²) in [5, 5.41) is 2.99. The van der Waals surface area contributed by atoms with Crippen LogP contribution in [0.25, 0.3) is 0 Å². The van der Waals surface area contributed by atoms with Crippen molar-refractivity contribution in [3.05, 3.63) is 24.0 Å². The molecule has 0 spiro atoms. The molecule has 2 rings (SSSR count). The van der Waals surface area contributed by atoms with Crippen molar-refractivity contribution >= 4 is 21.2 Å². The summed E-state index contributed by atoms with van der Waals surface area (Å²) in [4.78, 5) is 0. The maximum atomic E-state index is 13.1. The highest BCUT2D eigenvalue weighted by molar-refractivity contribution is 7.91. The van der Waals surface area contributed by atoms with Gasteiger partial charge in [-0.25, -0.2) is 12.8 Å². The lowest BCUT2D eigenvalue weighted by molar-refractivity contribution is 0.602. The van der Waals surface area contributed by atoms with Crippen LogP contribution in [0.4, 0.5) is 15.8 Å². The van der Waals surface area contributed by atoms with Crippen LogP contribution >= 0.6 is 0 Å². The first-order valence-electron chi connectivity index (χ1n) is 4.98. The molecule has 6 heteroatoms. The number of halogens is 1. The second-order valence-electron chi connectivity index (χ2n) is 3.98. The highest BCUT2D eigenvalue weighted by atomic mass is 32.2. The molecule has 88 valence electrons. The average molecular weight is 244 g/mol. The zero-order chi connectivity index (χ0) is 11.8. The van der Waals surface area contributed by atoms with Gasteiger partial charge in [0.05, 0.1) is 17.2 Å². The van der Waals surface area contributed by atoms with E-state index in [4.69, 9.17) is 5.73 Å². The van der Waals surface area contributed by atoms with E-state index in [1.807, 2.05) is 0 Å². The lowest BCUT2D eigenvalue weighted by atomic mass is 10.2. The smallest absolute Gasteiger partial charge is 0.152 e. The van der Waals surface area contributed by atoms with Crippen molar-refractivity contribution in [1.29, 1.82) is 0 Å². The van der Waals surface area contributed by atoms with Gasteiger partial charge in [-0.15, -0.1) is 0 Å². The summed E-state index contributed by atoms with van der Waals surface area (Å²) in [7, 11) is -2.91. The first-order chi connectivity index (χ1) is 7.46. The van der Waals surface area contributed by atoms with Crippen LogP contribution in [0.15, 0.2) is 18.2 Å². The molecule has 1 atom stereocenters. The van der Waals surface area contributed by atoms with E-state index in [9.17, 15) is 12.8 Å². The number of nitrogens with one attached hydrogen (secondary N) is 1. The molecule has 0 radical (unpaired) electrons. The Hall–Kier alpha value is -1.30. The molecule has 0 amide bonds. The summed E-state index contributed by atoms with van der Waals surface area (Å²) in [6.45, 7) is 0. The molecule has 1 aromatic carbocycles. The minimum atomic E-state index is -2.91. The number of nitrogens with two attached hydrogens (primary N) is 1.